The largest absolute Gasteiger partial charge is 0.481 e. The molecule has 0 spiro atoms. The van der Waals surface area contributed by atoms with Crippen LogP contribution in [-0.4, -0.2) is 188 Å². The number of esters is 4. The van der Waals surface area contributed by atoms with Crippen LogP contribution < -0.4 is 42.5 Å². The van der Waals surface area contributed by atoms with E-state index in [0.717, 1.165) is 103 Å². The summed E-state index contributed by atoms with van der Waals surface area (Å²) in [5.74, 6) is -3.21. The fourth-order valence-electron chi connectivity index (χ4n) is 13.8. The van der Waals surface area contributed by atoms with E-state index in [2.05, 4.69) is 127 Å². The van der Waals surface area contributed by atoms with Gasteiger partial charge in [0, 0.05) is 145 Å². The minimum Gasteiger partial charge on any atom is -0.481 e. The Balaban J connectivity index is 0.000000162. The molecule has 144 heavy (non-hydrogen) atoms. The van der Waals surface area contributed by atoms with Crippen molar-refractivity contribution >= 4 is 167 Å². The van der Waals surface area contributed by atoms with Crippen molar-refractivity contribution in [2.45, 2.75) is 131 Å². The van der Waals surface area contributed by atoms with E-state index in [-0.39, 0.29) is 68.5 Å². The molecular formula is C99H98N24O17S4. The highest BCUT2D eigenvalue weighted by atomic mass is 32.1. The van der Waals surface area contributed by atoms with Crippen molar-refractivity contribution in [3.05, 3.63) is 219 Å². The van der Waals surface area contributed by atoms with E-state index in [1.54, 1.807) is 116 Å². The summed E-state index contributed by atoms with van der Waals surface area (Å²) < 4.78 is 24.3. The van der Waals surface area contributed by atoms with Crippen LogP contribution in [0.3, 0.4) is 0 Å². The Bertz CT molecular complexity index is 7280. The summed E-state index contributed by atoms with van der Waals surface area (Å²) in [7, 11) is 1.26. The van der Waals surface area contributed by atoms with Gasteiger partial charge in [0.15, 0.2) is 61.1 Å². The van der Waals surface area contributed by atoms with Crippen molar-refractivity contribution in [2.24, 2.45) is 0 Å². The van der Waals surface area contributed by atoms with E-state index in [1.165, 1.54) is 52.5 Å². The first kappa shape index (κ1) is 105. The van der Waals surface area contributed by atoms with Crippen LogP contribution in [0.2, 0.25) is 0 Å². The molecule has 16 aromatic rings. The maximum absolute atomic E-state index is 12.2. The number of carboxylic acid groups (broad SMARTS) is 2. The van der Waals surface area contributed by atoms with Crippen molar-refractivity contribution < 1.29 is 82.2 Å². The summed E-state index contributed by atoms with van der Waals surface area (Å²) in [5, 5.41) is 50.9. The molecule has 0 fully saturated rings. The van der Waals surface area contributed by atoms with Crippen LogP contribution in [0.15, 0.2) is 196 Å². The third-order valence-electron chi connectivity index (χ3n) is 20.6. The highest BCUT2D eigenvalue weighted by molar-refractivity contribution is 7.24. The van der Waals surface area contributed by atoms with Gasteiger partial charge in [-0.05, 0) is 189 Å². The molecule has 0 aliphatic rings. The quantitative estimate of drug-likeness (QED) is 0.0138. The number of nitrogens with zero attached hydrogens (tertiary/aromatic N) is 16. The minimum absolute atomic E-state index is 0.0661. The molecule has 0 saturated carbocycles. The first-order valence-electron chi connectivity index (χ1n) is 45.0. The molecule has 0 bridgehead atoms. The van der Waals surface area contributed by atoms with Crippen LogP contribution in [0.5, 0.6) is 0 Å². The zero-order valence-corrected chi connectivity index (χ0v) is 82.8. The number of aliphatic hydroxyl groups is 1. The average Bonchev–Trinajstić information content (AvgIpc) is 1.60. The van der Waals surface area contributed by atoms with Gasteiger partial charge in [-0.3, -0.25) is 70.0 Å². The number of ether oxygens (including phenoxy) is 4. The number of aliphatic carboxylic acids is 2. The van der Waals surface area contributed by atoms with Crippen molar-refractivity contribution in [3.8, 4) is 89.5 Å². The molecule has 11 N–H and O–H groups in total. The molecule has 2 atom stereocenters. The Hall–Kier alpha value is -16.8. The standard InChI is InChI=1S/C27H28N6O5S.C26H26N6O5S.C25H24N6O5S.C21H20N6O2S/c1-5-28-25(36)33-26-32-20-13-16(12-18(23(20)39-26)19-8-6-7-11-29-19)17-14-30-24(31-15-17)27(2,3)38-22(35)10-9-21(34)37-4;1-4-27-24(36)32-25-31-19-12-15(11-17(22(19)38-25)18-7-5-6-10-28-18)16-13-29-23(30-14-16)26(2,3)37-21(35)9-8-20(33)34;1-3-26-24(35)31-25-30-19-11-15(10-17(22(19)37-25)18-6-4-5-9-27-18)16-12-28-23(29-13-16)14(2)36-21(34)8-7-20(32)33;1-3-22-20(29)27-21-26-17-9-13(14-10-24-19(12(2)28)25-11-14)8-15(18(17)30-21)16-6-4-5-7-23-16/h6-8,11-15H,5,9-10H2,1-4H3,(H2,28,32,33,36);5-7,10-14H,4,8-9H2,1-3H3,(H,33,34)(H2,27,31,32,36);4-6,9-14H,3,7-8H2,1-2H3,(H,32,33)(H2,26,30,31,35);4-12,28H,3H2,1-2H3,(H2,22,26,27,29)/t;;;12-/m...1/s1. The zero-order chi connectivity index (χ0) is 103. The van der Waals surface area contributed by atoms with Crippen molar-refractivity contribution in [1.29, 1.82) is 0 Å². The first-order valence-corrected chi connectivity index (χ1v) is 48.3. The predicted octanol–water partition coefficient (Wildman–Crippen LogP) is 17.7. The number of pyridine rings is 4. The van der Waals surface area contributed by atoms with Crippen molar-refractivity contribution in [2.75, 3.05) is 54.6 Å². The monoisotopic (exact) mass is 2020 g/mol. The summed E-state index contributed by atoms with van der Waals surface area (Å²) in [5.41, 5.74) is 13.2. The van der Waals surface area contributed by atoms with Crippen LogP contribution in [0.1, 0.15) is 143 Å². The predicted molar refractivity (Wildman–Crippen MR) is 545 cm³/mol. The maximum Gasteiger partial charge on any atom is 0.321 e. The SMILES string of the molecule is CCNC(=O)Nc1nc2cc(-c3cnc(C(C)(C)OC(=O)CCC(=O)O)nc3)cc(-c3ccccn3)c2s1.CCNC(=O)Nc1nc2cc(-c3cnc(C(C)(C)OC(=O)CCC(=O)OC)nc3)cc(-c3ccccn3)c2s1.CCNC(=O)Nc1nc2cc(-c3cnc(C(C)OC(=O)CCC(=O)O)nc3)cc(-c3ccccn3)c2s1.CCNC(=O)Nc1nc2cc(-c3cnc([C@@H](C)O)nc3)cc(-c3ccccn3)c2s1. The fraction of sp³-hybridized carbons (Fsp3) is 0.253. The van der Waals surface area contributed by atoms with Crippen LogP contribution in [0, 0.1) is 0 Å². The maximum atomic E-state index is 12.2. The summed E-state index contributed by atoms with van der Waals surface area (Å²) in [6.45, 7) is 19.3. The lowest BCUT2D eigenvalue weighted by molar-refractivity contribution is -0.160. The Morgan fingerprint density at radius 3 is 0.861 bits per heavy atom. The molecule has 41 nitrogen and oxygen atoms in total. The van der Waals surface area contributed by atoms with Gasteiger partial charge in [-0.15, -0.1) is 0 Å². The second-order valence-electron chi connectivity index (χ2n) is 32.3. The number of fused-ring (bicyclic) bond motifs is 4. The summed E-state index contributed by atoms with van der Waals surface area (Å²) in [6.07, 6.45) is 17.3. The molecule has 1 unspecified atom stereocenters. The Kier molecular flexibility index (Phi) is 35.5. The Labute approximate surface area is 839 Å². The van der Waals surface area contributed by atoms with E-state index in [0.29, 0.717) is 91.9 Å². The smallest absolute Gasteiger partial charge is 0.321 e. The number of carbonyl (C=O) groups is 10. The zero-order valence-electron chi connectivity index (χ0n) is 79.5. The number of aromatic nitrogens is 16. The van der Waals surface area contributed by atoms with E-state index < -0.39 is 59.2 Å². The van der Waals surface area contributed by atoms with Gasteiger partial charge < -0.3 is 55.5 Å². The molecule has 0 aliphatic heterocycles. The third-order valence-corrected chi connectivity index (χ3v) is 24.7. The van der Waals surface area contributed by atoms with Gasteiger partial charge in [-0.2, -0.15) is 0 Å². The minimum atomic E-state index is -1.15. The van der Waals surface area contributed by atoms with Gasteiger partial charge in [-0.1, -0.05) is 69.6 Å². The molecule has 4 aromatic carbocycles. The highest BCUT2D eigenvalue weighted by Crippen LogP contribution is 2.44. The summed E-state index contributed by atoms with van der Waals surface area (Å²) in [4.78, 5) is 188. The number of nitrogens with one attached hydrogen (secondary N) is 8. The number of amides is 8. The number of carbonyl (C=O) groups excluding carboxylic acids is 8. The lowest BCUT2D eigenvalue weighted by Crippen LogP contribution is -2.28. The number of hydrogen-bond donors (Lipinski definition) is 11. The molecule has 45 heteroatoms. The molecule has 16 rings (SSSR count). The van der Waals surface area contributed by atoms with E-state index in [9.17, 15) is 53.1 Å². The number of urea groups is 4. The second-order valence-corrected chi connectivity index (χ2v) is 36.2. The lowest BCUT2D eigenvalue weighted by Gasteiger charge is -2.23. The fourth-order valence-corrected chi connectivity index (χ4v) is 17.7. The molecule has 0 aliphatic carbocycles. The summed E-state index contributed by atoms with van der Waals surface area (Å²) >= 11 is 5.47. The number of thiazole rings is 4. The number of methoxy groups -OCH3 is 1. The van der Waals surface area contributed by atoms with Crippen LogP contribution in [0.25, 0.3) is 130 Å². The molecule has 0 radical (unpaired) electrons. The molecule has 12 heterocycles. The average molecular weight is 2020 g/mol. The van der Waals surface area contributed by atoms with Crippen molar-refractivity contribution in [3.63, 3.8) is 0 Å². The third kappa shape index (κ3) is 28.1. The Morgan fingerprint density at radius 1 is 0.340 bits per heavy atom. The molecular weight excluding hydrogens is 1930 g/mol. The molecule has 740 valence electrons. The summed E-state index contributed by atoms with van der Waals surface area (Å²) in [6, 6.07) is 36.9. The van der Waals surface area contributed by atoms with Gasteiger partial charge in [-0.25, -0.2) is 79.0 Å². The lowest BCUT2D eigenvalue weighted by atomic mass is 10.0. The number of rotatable bonds is 32. The number of benzene rings is 4. The van der Waals surface area contributed by atoms with Gasteiger partial charge in [0.2, 0.25) is 0 Å². The second kappa shape index (κ2) is 48.9. The van der Waals surface area contributed by atoms with E-state index in [4.69, 9.17) is 24.4 Å². The molecule has 8 amide bonds. The number of anilines is 4. The number of hydrogen-bond acceptors (Lipinski definition) is 35. The topological polar surface area (TPSA) is 571 Å². The van der Waals surface area contributed by atoms with Gasteiger partial charge in [0.1, 0.15) is 6.10 Å². The molecule has 0 saturated heterocycles. The van der Waals surface area contributed by atoms with Gasteiger partial charge in [0.25, 0.3) is 0 Å². The number of carboxylic acids is 2. The molecule has 12 aromatic heterocycles. The highest BCUT2D eigenvalue weighted by Gasteiger charge is 2.32. The van der Waals surface area contributed by atoms with Crippen LogP contribution in [0.4, 0.5) is 39.7 Å². The number of aliphatic hydroxyl groups excluding tert-OH is 1. The first-order chi connectivity index (χ1) is 69.2. The van der Waals surface area contributed by atoms with E-state index in [1.807, 2.05) is 149 Å². The van der Waals surface area contributed by atoms with E-state index >= 15 is 0 Å². The Morgan fingerprint density at radius 2 is 0.604 bits per heavy atom. The normalized spacial score (nSPS) is 11.5. The van der Waals surface area contributed by atoms with Crippen LogP contribution >= 0.6 is 45.3 Å². The van der Waals surface area contributed by atoms with Gasteiger partial charge in [0.05, 0.1) is 109 Å². The van der Waals surface area contributed by atoms with Crippen molar-refractivity contribution in [1.82, 2.24) is 101 Å². The van der Waals surface area contributed by atoms with Crippen LogP contribution in [-0.2, 0) is 58.9 Å². The van der Waals surface area contributed by atoms with Gasteiger partial charge >= 0.3 is 59.9 Å².